The molecule has 142 valence electrons. The zero-order chi connectivity index (χ0) is 19.8. The summed E-state index contributed by atoms with van der Waals surface area (Å²) in [6, 6.07) is 5.92. The number of pyridine rings is 1. The normalized spacial score (nSPS) is 11.7. The second-order valence-corrected chi connectivity index (χ2v) is 7.08. The van der Waals surface area contributed by atoms with Crippen LogP contribution in [0.25, 0.3) is 10.1 Å². The van der Waals surface area contributed by atoms with E-state index in [1.165, 1.54) is 24.3 Å². The number of nitrogens with zero attached hydrogens (tertiary/aromatic N) is 1. The summed E-state index contributed by atoms with van der Waals surface area (Å²) in [4.78, 5) is 14.6. The van der Waals surface area contributed by atoms with E-state index in [9.17, 15) is 18.0 Å². The lowest BCUT2D eigenvalue weighted by Crippen LogP contribution is -2.10. The molecule has 8 heteroatoms. The molecule has 0 saturated heterocycles. The lowest BCUT2D eigenvalue weighted by Gasteiger charge is -2.12. The number of rotatable bonds is 5. The Balaban J connectivity index is 1.81. The zero-order valence-corrected chi connectivity index (χ0v) is 15.4. The Hall–Kier alpha value is -2.61. The Labute approximate surface area is 157 Å². The topological polar surface area (TPSA) is 59.4 Å². The summed E-state index contributed by atoms with van der Waals surface area (Å²) in [5, 5.41) is 11.7. The standard InChI is InChI=1S/C19H16F3NO3S/c1-10-5-14(7-15-18(10)13(9-27-15)6-17(24)25)26-8-12-3-4-16(19(20,21)22)23-11(12)2/h3-5,7,9H,6,8H2,1-2H3,(H,24,25). The molecule has 0 amide bonds. The van der Waals surface area contributed by atoms with Crippen LogP contribution >= 0.6 is 11.3 Å². The highest BCUT2D eigenvalue weighted by molar-refractivity contribution is 7.17. The monoisotopic (exact) mass is 395 g/mol. The molecular weight excluding hydrogens is 379 g/mol. The van der Waals surface area contributed by atoms with Gasteiger partial charge in [-0.15, -0.1) is 11.3 Å². The van der Waals surface area contributed by atoms with Crippen molar-refractivity contribution in [2.45, 2.75) is 33.1 Å². The highest BCUT2D eigenvalue weighted by atomic mass is 32.1. The summed E-state index contributed by atoms with van der Waals surface area (Å²) >= 11 is 1.43. The van der Waals surface area contributed by atoms with Crippen LogP contribution in [-0.2, 0) is 24.0 Å². The molecule has 0 bridgehead atoms. The molecule has 0 fully saturated rings. The van der Waals surface area contributed by atoms with Gasteiger partial charge < -0.3 is 9.84 Å². The van der Waals surface area contributed by atoms with Gasteiger partial charge in [-0.1, -0.05) is 6.07 Å². The highest BCUT2D eigenvalue weighted by Crippen LogP contribution is 2.34. The van der Waals surface area contributed by atoms with Crippen LogP contribution in [0.3, 0.4) is 0 Å². The number of ether oxygens (including phenoxy) is 1. The number of thiophene rings is 1. The minimum atomic E-state index is -4.47. The Morgan fingerprint density at radius 1 is 1.22 bits per heavy atom. The Morgan fingerprint density at radius 3 is 2.59 bits per heavy atom. The molecule has 1 aromatic carbocycles. The third-order valence-corrected chi connectivity index (χ3v) is 5.12. The largest absolute Gasteiger partial charge is 0.489 e. The first-order valence-corrected chi connectivity index (χ1v) is 8.92. The number of fused-ring (bicyclic) bond motifs is 1. The Morgan fingerprint density at radius 2 is 1.96 bits per heavy atom. The number of hydrogen-bond donors (Lipinski definition) is 1. The van der Waals surface area contributed by atoms with Crippen molar-refractivity contribution in [3.8, 4) is 5.75 Å². The van der Waals surface area contributed by atoms with Crippen molar-refractivity contribution in [2.24, 2.45) is 0 Å². The predicted molar refractivity (Wildman–Crippen MR) is 96.2 cm³/mol. The number of carboxylic acid groups (broad SMARTS) is 1. The summed E-state index contributed by atoms with van der Waals surface area (Å²) in [6.07, 6.45) is -4.52. The van der Waals surface area contributed by atoms with Gasteiger partial charge in [-0.3, -0.25) is 4.79 Å². The number of benzene rings is 1. The van der Waals surface area contributed by atoms with E-state index < -0.39 is 17.8 Å². The van der Waals surface area contributed by atoms with Gasteiger partial charge >= 0.3 is 12.1 Å². The first-order chi connectivity index (χ1) is 12.6. The first kappa shape index (κ1) is 19.2. The van der Waals surface area contributed by atoms with E-state index >= 15 is 0 Å². The van der Waals surface area contributed by atoms with Gasteiger partial charge in [0.05, 0.1) is 6.42 Å². The average Bonchev–Trinajstić information content (AvgIpc) is 2.95. The van der Waals surface area contributed by atoms with Gasteiger partial charge in [0.1, 0.15) is 18.1 Å². The van der Waals surface area contributed by atoms with Crippen LogP contribution in [0.2, 0.25) is 0 Å². The van der Waals surface area contributed by atoms with Crippen molar-refractivity contribution < 1.29 is 27.8 Å². The number of alkyl halides is 3. The molecular formula is C19H16F3NO3S. The Bertz CT molecular complexity index is 1010. The van der Waals surface area contributed by atoms with E-state index in [0.717, 1.165) is 27.3 Å². The van der Waals surface area contributed by atoms with Crippen molar-refractivity contribution in [2.75, 3.05) is 0 Å². The van der Waals surface area contributed by atoms with Gasteiger partial charge in [0.15, 0.2) is 0 Å². The van der Waals surface area contributed by atoms with E-state index in [2.05, 4.69) is 4.98 Å². The minimum Gasteiger partial charge on any atom is -0.489 e. The number of carboxylic acids is 1. The fraction of sp³-hybridized carbons (Fsp3) is 0.263. The summed E-state index contributed by atoms with van der Waals surface area (Å²) in [5.41, 5.74) is 1.56. The van der Waals surface area contributed by atoms with Gasteiger partial charge in [0.2, 0.25) is 0 Å². The van der Waals surface area contributed by atoms with Gasteiger partial charge in [-0.05, 0) is 53.9 Å². The molecule has 2 aromatic heterocycles. The zero-order valence-electron chi connectivity index (χ0n) is 14.6. The van der Waals surface area contributed by atoms with Crippen LogP contribution in [0.1, 0.15) is 28.1 Å². The maximum atomic E-state index is 12.7. The molecule has 0 aliphatic carbocycles. The number of carbonyl (C=O) groups is 1. The van der Waals surface area contributed by atoms with Crippen LogP contribution < -0.4 is 4.74 Å². The second kappa shape index (κ2) is 7.19. The molecule has 0 aliphatic rings. The van der Waals surface area contributed by atoms with Gasteiger partial charge in [0, 0.05) is 16.0 Å². The molecule has 0 unspecified atom stereocenters. The molecule has 0 spiro atoms. The van der Waals surface area contributed by atoms with Crippen LogP contribution in [0.15, 0.2) is 29.6 Å². The van der Waals surface area contributed by atoms with E-state index in [1.54, 1.807) is 6.07 Å². The molecule has 0 atom stereocenters. The minimum absolute atomic E-state index is 0.0442. The Kier molecular flexibility index (Phi) is 5.10. The number of aliphatic carboxylic acids is 1. The highest BCUT2D eigenvalue weighted by Gasteiger charge is 2.32. The molecule has 3 rings (SSSR count). The van der Waals surface area contributed by atoms with Crippen LogP contribution in [-0.4, -0.2) is 16.1 Å². The molecule has 0 aliphatic heterocycles. The third-order valence-electron chi connectivity index (χ3n) is 4.14. The number of aryl methyl sites for hydroxylation is 2. The molecule has 0 saturated carbocycles. The SMILES string of the molecule is Cc1nc(C(F)(F)F)ccc1COc1cc(C)c2c(CC(=O)O)csc2c1. The molecule has 2 heterocycles. The van der Waals surface area contributed by atoms with Crippen LogP contribution in [0.5, 0.6) is 5.75 Å². The van der Waals surface area contributed by atoms with E-state index in [4.69, 9.17) is 9.84 Å². The predicted octanol–water partition coefficient (Wildman–Crippen LogP) is 5.14. The van der Waals surface area contributed by atoms with Crippen LogP contribution in [0, 0.1) is 13.8 Å². The lowest BCUT2D eigenvalue weighted by molar-refractivity contribution is -0.141. The van der Waals surface area contributed by atoms with E-state index in [0.29, 0.717) is 11.3 Å². The fourth-order valence-corrected chi connectivity index (χ4v) is 3.92. The maximum Gasteiger partial charge on any atom is 0.433 e. The molecule has 27 heavy (non-hydrogen) atoms. The molecule has 0 radical (unpaired) electrons. The lowest BCUT2D eigenvalue weighted by atomic mass is 10.1. The van der Waals surface area contributed by atoms with Crippen molar-refractivity contribution in [1.82, 2.24) is 4.98 Å². The second-order valence-electron chi connectivity index (χ2n) is 6.17. The molecule has 4 nitrogen and oxygen atoms in total. The van der Waals surface area contributed by atoms with Gasteiger partial charge in [-0.25, -0.2) is 4.98 Å². The van der Waals surface area contributed by atoms with Crippen LogP contribution in [0.4, 0.5) is 13.2 Å². The number of hydrogen-bond acceptors (Lipinski definition) is 4. The summed E-state index contributed by atoms with van der Waals surface area (Å²) in [5.74, 6) is -0.317. The fourth-order valence-electron chi connectivity index (χ4n) is 2.86. The number of halogens is 3. The molecule has 3 aromatic rings. The van der Waals surface area contributed by atoms with E-state index in [1.807, 2.05) is 18.4 Å². The first-order valence-electron chi connectivity index (χ1n) is 8.04. The van der Waals surface area contributed by atoms with Gasteiger partial charge in [0.25, 0.3) is 0 Å². The van der Waals surface area contributed by atoms with Crippen molar-refractivity contribution in [3.63, 3.8) is 0 Å². The number of aromatic nitrogens is 1. The van der Waals surface area contributed by atoms with Crippen molar-refractivity contribution in [3.05, 3.63) is 57.7 Å². The van der Waals surface area contributed by atoms with E-state index in [-0.39, 0.29) is 18.7 Å². The third kappa shape index (κ3) is 4.21. The summed E-state index contributed by atoms with van der Waals surface area (Å²) in [7, 11) is 0. The average molecular weight is 395 g/mol. The van der Waals surface area contributed by atoms with Gasteiger partial charge in [-0.2, -0.15) is 13.2 Å². The summed E-state index contributed by atoms with van der Waals surface area (Å²) in [6.45, 7) is 3.48. The van der Waals surface area contributed by atoms with Crippen molar-refractivity contribution >= 4 is 27.4 Å². The quantitative estimate of drug-likeness (QED) is 0.650. The molecule has 1 N–H and O–H groups in total. The maximum absolute atomic E-state index is 12.7. The van der Waals surface area contributed by atoms with Crippen molar-refractivity contribution in [1.29, 1.82) is 0 Å². The smallest absolute Gasteiger partial charge is 0.433 e. The summed E-state index contributed by atoms with van der Waals surface area (Å²) < 4.78 is 44.7.